The van der Waals surface area contributed by atoms with Gasteiger partial charge < -0.3 is 10.4 Å². The molecular weight excluding hydrogens is 267 g/mol. The van der Waals surface area contributed by atoms with E-state index >= 15 is 0 Å². The van der Waals surface area contributed by atoms with Crippen LogP contribution in [0, 0.1) is 5.82 Å². The summed E-state index contributed by atoms with van der Waals surface area (Å²) in [4.78, 5) is 22.6. The van der Waals surface area contributed by atoms with Crippen LogP contribution in [0.1, 0.15) is 10.4 Å². The molecule has 1 aromatic heterocycles. The molecule has 2 aromatic rings. The van der Waals surface area contributed by atoms with E-state index < -0.39 is 23.4 Å². The van der Waals surface area contributed by atoms with Crippen LogP contribution in [-0.2, 0) is 7.05 Å². The normalized spacial score (nSPS) is 10.1. The van der Waals surface area contributed by atoms with Gasteiger partial charge in [0.25, 0.3) is 0 Å². The van der Waals surface area contributed by atoms with E-state index in [0.717, 1.165) is 6.07 Å². The van der Waals surface area contributed by atoms with Gasteiger partial charge in [-0.2, -0.15) is 5.10 Å². The molecule has 1 aromatic carbocycles. The fourth-order valence-electron chi connectivity index (χ4n) is 1.60. The number of benzene rings is 1. The van der Waals surface area contributed by atoms with Crippen molar-refractivity contribution in [3.63, 3.8) is 0 Å². The largest absolute Gasteiger partial charge is 0.478 e. The highest BCUT2D eigenvalue weighted by molar-refractivity contribution is 6.04. The molecule has 3 N–H and O–H groups in total. The fourth-order valence-corrected chi connectivity index (χ4v) is 1.60. The van der Waals surface area contributed by atoms with E-state index in [0.29, 0.717) is 5.82 Å². The quantitative estimate of drug-likeness (QED) is 0.798. The van der Waals surface area contributed by atoms with Gasteiger partial charge in [0.05, 0.1) is 5.69 Å². The molecule has 0 aliphatic carbocycles. The van der Waals surface area contributed by atoms with Crippen molar-refractivity contribution in [3.05, 3.63) is 41.8 Å². The van der Waals surface area contributed by atoms with Gasteiger partial charge in [-0.3, -0.25) is 10.00 Å². The first-order valence-electron chi connectivity index (χ1n) is 5.57. The summed E-state index contributed by atoms with van der Waals surface area (Å²) in [6, 6.07) is 4.45. The average Bonchev–Trinajstić information content (AvgIpc) is 2.74. The molecule has 7 nitrogen and oxygen atoms in total. The maximum absolute atomic E-state index is 13.4. The molecule has 2 amide bonds. The van der Waals surface area contributed by atoms with Gasteiger partial charge in [-0.15, -0.1) is 0 Å². The van der Waals surface area contributed by atoms with Crippen molar-refractivity contribution in [2.45, 2.75) is 0 Å². The van der Waals surface area contributed by atoms with Crippen LogP contribution in [0.15, 0.2) is 30.5 Å². The molecule has 0 unspecified atom stereocenters. The number of hydrogen-bond donors (Lipinski definition) is 3. The molecule has 1 heterocycles. The molecule has 0 atom stereocenters. The molecule has 2 rings (SSSR count). The minimum Gasteiger partial charge on any atom is -0.478 e. The van der Waals surface area contributed by atoms with Crippen molar-refractivity contribution in [3.8, 4) is 0 Å². The Balaban J connectivity index is 2.16. The topological polar surface area (TPSA) is 96.2 Å². The second-order valence-corrected chi connectivity index (χ2v) is 3.92. The first kappa shape index (κ1) is 13.5. The second kappa shape index (κ2) is 5.39. The number of carbonyl (C=O) groups is 2. The molecule has 0 saturated carbocycles. The summed E-state index contributed by atoms with van der Waals surface area (Å²) in [7, 11) is 1.68. The lowest BCUT2D eigenvalue weighted by Gasteiger charge is -2.09. The molecule has 0 radical (unpaired) electrons. The zero-order valence-electron chi connectivity index (χ0n) is 10.4. The second-order valence-electron chi connectivity index (χ2n) is 3.92. The van der Waals surface area contributed by atoms with Gasteiger partial charge in [-0.1, -0.05) is 6.07 Å². The molecular formula is C12H11FN4O3. The number of nitrogens with one attached hydrogen (secondary N) is 2. The van der Waals surface area contributed by atoms with Crippen molar-refractivity contribution in [1.29, 1.82) is 0 Å². The third-order valence-electron chi connectivity index (χ3n) is 2.43. The Hall–Kier alpha value is -2.90. The number of carboxylic acids is 1. The standard InChI is InChI=1S/C12H11FN4O3/c1-17-6-5-9(16-17)15-12(20)14-8-4-2-3-7(13)10(8)11(18)19/h2-6H,1H3,(H,18,19)(H2,14,15,16,20). The maximum atomic E-state index is 13.4. The zero-order chi connectivity index (χ0) is 14.7. The van der Waals surface area contributed by atoms with E-state index in [2.05, 4.69) is 15.7 Å². The molecule has 0 aliphatic rings. The Morgan fingerprint density at radius 1 is 1.30 bits per heavy atom. The minimum absolute atomic E-state index is 0.133. The van der Waals surface area contributed by atoms with Crippen molar-refractivity contribution < 1.29 is 19.1 Å². The van der Waals surface area contributed by atoms with Crippen LogP contribution < -0.4 is 10.6 Å². The van der Waals surface area contributed by atoms with Gasteiger partial charge in [0.15, 0.2) is 5.82 Å². The Morgan fingerprint density at radius 2 is 2.05 bits per heavy atom. The van der Waals surface area contributed by atoms with Crippen LogP contribution in [0.25, 0.3) is 0 Å². The van der Waals surface area contributed by atoms with Crippen LogP contribution in [-0.4, -0.2) is 26.9 Å². The fraction of sp³-hybridized carbons (Fsp3) is 0.0833. The van der Waals surface area contributed by atoms with Crippen molar-refractivity contribution in [1.82, 2.24) is 9.78 Å². The third kappa shape index (κ3) is 2.91. The molecule has 0 aliphatic heterocycles. The Kier molecular flexibility index (Phi) is 3.65. The zero-order valence-corrected chi connectivity index (χ0v) is 10.4. The van der Waals surface area contributed by atoms with Gasteiger partial charge in [0.1, 0.15) is 11.4 Å². The molecule has 0 bridgehead atoms. The predicted molar refractivity (Wildman–Crippen MR) is 69.2 cm³/mol. The van der Waals surface area contributed by atoms with Crippen LogP contribution in [0.4, 0.5) is 20.7 Å². The van der Waals surface area contributed by atoms with E-state index in [1.165, 1.54) is 16.8 Å². The van der Waals surface area contributed by atoms with E-state index in [-0.39, 0.29) is 5.69 Å². The minimum atomic E-state index is -1.46. The maximum Gasteiger partial charge on any atom is 0.340 e. The van der Waals surface area contributed by atoms with E-state index in [9.17, 15) is 14.0 Å². The number of aryl methyl sites for hydroxylation is 1. The molecule has 0 saturated heterocycles. The van der Waals surface area contributed by atoms with Crippen molar-refractivity contribution in [2.75, 3.05) is 10.6 Å². The molecule has 0 fully saturated rings. The number of aromatic carboxylic acids is 1. The highest BCUT2D eigenvalue weighted by atomic mass is 19.1. The number of carboxylic acid groups (broad SMARTS) is 1. The van der Waals surface area contributed by atoms with Crippen LogP contribution >= 0.6 is 0 Å². The number of rotatable bonds is 3. The van der Waals surface area contributed by atoms with E-state index in [1.807, 2.05) is 0 Å². The summed E-state index contributed by atoms with van der Waals surface area (Å²) in [5.41, 5.74) is -0.727. The number of hydrogen-bond acceptors (Lipinski definition) is 3. The summed E-state index contributed by atoms with van der Waals surface area (Å²) in [6.07, 6.45) is 1.63. The third-order valence-corrected chi connectivity index (χ3v) is 2.43. The highest BCUT2D eigenvalue weighted by Gasteiger charge is 2.17. The number of amides is 2. The van der Waals surface area contributed by atoms with Crippen LogP contribution in [0.3, 0.4) is 0 Å². The van der Waals surface area contributed by atoms with Gasteiger partial charge in [0.2, 0.25) is 0 Å². The molecule has 0 spiro atoms. The summed E-state index contributed by atoms with van der Waals surface area (Å²) in [6.45, 7) is 0. The number of carbonyl (C=O) groups excluding carboxylic acids is 1. The summed E-state index contributed by atoms with van der Waals surface area (Å²) >= 11 is 0. The van der Waals surface area contributed by atoms with Gasteiger partial charge in [-0.05, 0) is 12.1 Å². The summed E-state index contributed by atoms with van der Waals surface area (Å²) in [5, 5.41) is 17.5. The molecule has 104 valence electrons. The number of aromatic nitrogens is 2. The van der Waals surface area contributed by atoms with Gasteiger partial charge >= 0.3 is 12.0 Å². The highest BCUT2D eigenvalue weighted by Crippen LogP contribution is 2.19. The van der Waals surface area contributed by atoms with Crippen LogP contribution in [0.5, 0.6) is 0 Å². The number of nitrogens with zero attached hydrogens (tertiary/aromatic N) is 2. The molecule has 20 heavy (non-hydrogen) atoms. The van der Waals surface area contributed by atoms with Crippen molar-refractivity contribution in [2.24, 2.45) is 7.05 Å². The molecule has 8 heteroatoms. The van der Waals surface area contributed by atoms with Gasteiger partial charge in [0, 0.05) is 19.3 Å². The van der Waals surface area contributed by atoms with Crippen molar-refractivity contribution >= 4 is 23.5 Å². The Bertz CT molecular complexity index is 668. The first-order valence-corrected chi connectivity index (χ1v) is 5.57. The SMILES string of the molecule is Cn1ccc(NC(=O)Nc2cccc(F)c2C(=O)O)n1. The number of anilines is 2. The lowest BCUT2D eigenvalue weighted by molar-refractivity contribution is 0.0693. The first-order chi connectivity index (χ1) is 9.47. The lowest BCUT2D eigenvalue weighted by Crippen LogP contribution is -2.21. The van der Waals surface area contributed by atoms with E-state index in [4.69, 9.17) is 5.11 Å². The number of halogens is 1. The monoisotopic (exact) mass is 278 g/mol. The lowest BCUT2D eigenvalue weighted by atomic mass is 10.1. The van der Waals surface area contributed by atoms with Crippen LogP contribution in [0.2, 0.25) is 0 Å². The Morgan fingerprint density at radius 3 is 2.65 bits per heavy atom. The predicted octanol–water partition coefficient (Wildman–Crippen LogP) is 1.90. The Labute approximate surface area is 113 Å². The van der Waals surface area contributed by atoms with E-state index in [1.54, 1.807) is 19.3 Å². The number of urea groups is 1. The average molecular weight is 278 g/mol. The smallest absolute Gasteiger partial charge is 0.340 e. The van der Waals surface area contributed by atoms with Gasteiger partial charge in [-0.25, -0.2) is 14.0 Å². The summed E-state index contributed by atoms with van der Waals surface area (Å²) < 4.78 is 14.9. The summed E-state index contributed by atoms with van der Waals surface area (Å²) in [5.74, 6) is -2.09.